The molecule has 1 aromatic carbocycles. The maximum absolute atomic E-state index is 12.8. The smallest absolute Gasteiger partial charge is 0.351 e. The Labute approximate surface area is 120 Å². The van der Waals surface area contributed by atoms with E-state index in [1.54, 1.807) is 0 Å². The van der Waals surface area contributed by atoms with Gasteiger partial charge in [-0.25, -0.2) is 0 Å². The number of hydrogen-bond acceptors (Lipinski definition) is 1. The Hall–Kier alpha value is -1.23. The molecule has 1 aliphatic carbocycles. The van der Waals surface area contributed by atoms with Crippen LogP contribution < -0.4 is 5.32 Å². The molecule has 2 rings (SSSR count). The van der Waals surface area contributed by atoms with Gasteiger partial charge in [0.2, 0.25) is 0 Å². The molecule has 0 atom stereocenters. The summed E-state index contributed by atoms with van der Waals surface area (Å²) in [6.07, 6.45) is -1.83. The van der Waals surface area contributed by atoms with Crippen LogP contribution >= 0.6 is 11.6 Å². The monoisotopic (exact) mass is 305 g/mol. The van der Waals surface area contributed by atoms with Gasteiger partial charge < -0.3 is 5.32 Å². The highest BCUT2D eigenvalue weighted by Gasteiger charge is 2.42. The van der Waals surface area contributed by atoms with Crippen molar-refractivity contribution in [1.82, 2.24) is 5.32 Å². The molecule has 1 aromatic rings. The fourth-order valence-electron chi connectivity index (χ4n) is 2.18. The van der Waals surface area contributed by atoms with E-state index in [4.69, 9.17) is 11.6 Å². The van der Waals surface area contributed by atoms with Gasteiger partial charge >= 0.3 is 6.18 Å². The molecule has 20 heavy (non-hydrogen) atoms. The molecule has 0 radical (unpaired) electrons. The van der Waals surface area contributed by atoms with Crippen LogP contribution in [0.1, 0.15) is 35.2 Å². The van der Waals surface area contributed by atoms with Gasteiger partial charge in [-0.15, -0.1) is 11.6 Å². The number of rotatable bonds is 5. The summed E-state index contributed by atoms with van der Waals surface area (Å²) in [6.45, 7) is 0.380. The number of hydrogen-bond donors (Lipinski definition) is 1. The Kier molecular flexibility index (Phi) is 4.28. The van der Waals surface area contributed by atoms with Gasteiger partial charge in [0.15, 0.2) is 0 Å². The number of amides is 1. The highest BCUT2D eigenvalue weighted by molar-refractivity contribution is 6.17. The van der Waals surface area contributed by atoms with Gasteiger partial charge in [-0.05, 0) is 36.8 Å². The molecular weight excluding hydrogens is 291 g/mol. The number of benzene rings is 1. The van der Waals surface area contributed by atoms with Crippen LogP contribution in [-0.2, 0) is 6.18 Å². The average Bonchev–Trinajstić information content (AvgIpc) is 3.16. The second-order valence-corrected chi connectivity index (χ2v) is 5.54. The van der Waals surface area contributed by atoms with Crippen LogP contribution in [-0.4, -0.2) is 18.3 Å². The topological polar surface area (TPSA) is 29.1 Å². The van der Waals surface area contributed by atoms with Crippen molar-refractivity contribution in [2.24, 2.45) is 5.41 Å². The van der Waals surface area contributed by atoms with Crippen molar-refractivity contribution in [1.29, 1.82) is 0 Å². The molecule has 0 unspecified atom stereocenters. The van der Waals surface area contributed by atoms with Crippen molar-refractivity contribution in [2.75, 3.05) is 12.4 Å². The van der Waals surface area contributed by atoms with Crippen molar-refractivity contribution < 1.29 is 18.0 Å². The van der Waals surface area contributed by atoms with Gasteiger partial charge in [0.05, 0.1) is 11.1 Å². The van der Waals surface area contributed by atoms with E-state index in [1.807, 2.05) is 0 Å². The lowest BCUT2D eigenvalue weighted by Gasteiger charge is -2.16. The Morgan fingerprint density at radius 1 is 1.30 bits per heavy atom. The van der Waals surface area contributed by atoms with Crippen molar-refractivity contribution in [2.45, 2.75) is 25.4 Å². The molecule has 0 aliphatic heterocycles. The molecule has 1 fully saturated rings. The van der Waals surface area contributed by atoms with Gasteiger partial charge in [0.1, 0.15) is 0 Å². The van der Waals surface area contributed by atoms with E-state index >= 15 is 0 Å². The minimum absolute atomic E-state index is 0.00934. The molecule has 1 aliphatic rings. The fraction of sp³-hybridized carbons (Fsp3) is 0.500. The van der Waals surface area contributed by atoms with Gasteiger partial charge in [-0.3, -0.25) is 4.79 Å². The summed E-state index contributed by atoms with van der Waals surface area (Å²) in [6, 6.07) is 4.81. The fourth-order valence-corrected chi connectivity index (χ4v) is 2.58. The van der Waals surface area contributed by atoms with Crippen LogP contribution in [0.5, 0.6) is 0 Å². The first-order valence-electron chi connectivity index (χ1n) is 6.38. The standard InChI is InChI=1S/C14H15ClF3NO/c15-8-7-13(5-6-13)9-19-12(20)10-3-1-2-4-11(10)14(16,17)18/h1-4H,5-9H2,(H,19,20). The van der Waals surface area contributed by atoms with E-state index in [-0.39, 0.29) is 11.0 Å². The summed E-state index contributed by atoms with van der Waals surface area (Å²) in [5, 5.41) is 2.60. The van der Waals surface area contributed by atoms with Crippen molar-refractivity contribution >= 4 is 17.5 Å². The number of carbonyl (C=O) groups excluding carboxylic acids is 1. The second kappa shape index (κ2) is 5.64. The molecule has 0 aromatic heterocycles. The minimum Gasteiger partial charge on any atom is -0.351 e. The first-order chi connectivity index (χ1) is 9.38. The maximum atomic E-state index is 12.8. The van der Waals surface area contributed by atoms with Gasteiger partial charge in [0.25, 0.3) is 5.91 Å². The molecule has 1 saturated carbocycles. The molecule has 2 nitrogen and oxygen atoms in total. The van der Waals surface area contributed by atoms with Crippen LogP contribution in [0.25, 0.3) is 0 Å². The molecule has 1 N–H and O–H groups in total. The first kappa shape index (κ1) is 15.2. The third-order valence-electron chi connectivity index (χ3n) is 3.68. The highest BCUT2D eigenvalue weighted by atomic mass is 35.5. The van der Waals surface area contributed by atoms with E-state index in [1.165, 1.54) is 18.2 Å². The minimum atomic E-state index is -4.53. The van der Waals surface area contributed by atoms with Crippen molar-refractivity contribution in [3.63, 3.8) is 0 Å². The molecule has 6 heteroatoms. The molecule has 0 bridgehead atoms. The zero-order chi connectivity index (χ0) is 14.8. The lowest BCUT2D eigenvalue weighted by Crippen LogP contribution is -2.32. The molecule has 0 saturated heterocycles. The van der Waals surface area contributed by atoms with Crippen LogP contribution in [0.3, 0.4) is 0 Å². The SMILES string of the molecule is O=C(NCC1(CCCl)CC1)c1ccccc1C(F)(F)F. The van der Waals surface area contributed by atoms with E-state index in [9.17, 15) is 18.0 Å². The Balaban J connectivity index is 2.07. The molecule has 0 spiro atoms. The summed E-state index contributed by atoms with van der Waals surface area (Å²) in [5.41, 5.74) is -1.24. The Morgan fingerprint density at radius 2 is 1.95 bits per heavy atom. The van der Waals surface area contributed by atoms with E-state index in [0.29, 0.717) is 12.4 Å². The van der Waals surface area contributed by atoms with Crippen LogP contribution in [0.15, 0.2) is 24.3 Å². The number of carbonyl (C=O) groups is 1. The Bertz CT molecular complexity index is 497. The van der Waals surface area contributed by atoms with Crippen LogP contribution in [0.2, 0.25) is 0 Å². The second-order valence-electron chi connectivity index (χ2n) is 5.17. The zero-order valence-electron chi connectivity index (χ0n) is 10.8. The summed E-state index contributed by atoms with van der Waals surface area (Å²) in [4.78, 5) is 11.9. The van der Waals surface area contributed by atoms with Gasteiger partial charge in [-0.1, -0.05) is 12.1 Å². The zero-order valence-corrected chi connectivity index (χ0v) is 11.5. The van der Waals surface area contributed by atoms with E-state index in [0.717, 1.165) is 25.3 Å². The molecule has 110 valence electrons. The van der Waals surface area contributed by atoms with E-state index in [2.05, 4.69) is 5.32 Å². The number of alkyl halides is 4. The summed E-state index contributed by atoms with van der Waals surface area (Å²) < 4.78 is 38.5. The van der Waals surface area contributed by atoms with Crippen molar-refractivity contribution in [3.8, 4) is 0 Å². The van der Waals surface area contributed by atoms with Crippen LogP contribution in [0, 0.1) is 5.41 Å². The molecule has 1 amide bonds. The third kappa shape index (κ3) is 3.45. The molecule has 0 heterocycles. The lowest BCUT2D eigenvalue weighted by atomic mass is 10.0. The predicted molar refractivity (Wildman–Crippen MR) is 70.8 cm³/mol. The van der Waals surface area contributed by atoms with E-state index < -0.39 is 17.6 Å². The first-order valence-corrected chi connectivity index (χ1v) is 6.92. The summed E-state index contributed by atoms with van der Waals surface area (Å²) >= 11 is 5.68. The quantitative estimate of drug-likeness (QED) is 0.823. The van der Waals surface area contributed by atoms with Crippen molar-refractivity contribution in [3.05, 3.63) is 35.4 Å². The number of halogens is 4. The Morgan fingerprint density at radius 3 is 2.50 bits per heavy atom. The molecular formula is C14H15ClF3NO. The third-order valence-corrected chi connectivity index (χ3v) is 3.87. The number of nitrogens with one attached hydrogen (secondary N) is 1. The lowest BCUT2D eigenvalue weighted by molar-refractivity contribution is -0.137. The predicted octanol–water partition coefficient (Wildman–Crippen LogP) is 3.84. The maximum Gasteiger partial charge on any atom is 0.417 e. The van der Waals surface area contributed by atoms with Gasteiger partial charge in [-0.2, -0.15) is 13.2 Å². The van der Waals surface area contributed by atoms with Crippen LogP contribution in [0.4, 0.5) is 13.2 Å². The largest absolute Gasteiger partial charge is 0.417 e. The normalized spacial score (nSPS) is 16.8. The summed E-state index contributed by atoms with van der Waals surface area (Å²) in [7, 11) is 0. The highest BCUT2D eigenvalue weighted by Crippen LogP contribution is 2.48. The summed E-state index contributed by atoms with van der Waals surface area (Å²) in [5.74, 6) is -0.187. The average molecular weight is 306 g/mol. The van der Waals surface area contributed by atoms with Gasteiger partial charge in [0, 0.05) is 12.4 Å².